The highest BCUT2D eigenvalue weighted by atomic mass is 16.2. The number of nitrogens with zero attached hydrogens (tertiary/aromatic N) is 7. The van der Waals surface area contributed by atoms with Crippen molar-refractivity contribution in [3.05, 3.63) is 41.7 Å². The topological polar surface area (TPSA) is 108 Å². The summed E-state index contributed by atoms with van der Waals surface area (Å²) in [7, 11) is 0. The predicted octanol–water partition coefficient (Wildman–Crippen LogP) is 0.480. The molecule has 0 unspecified atom stereocenters. The van der Waals surface area contributed by atoms with Crippen LogP contribution in [-0.2, 0) is 4.79 Å². The summed E-state index contributed by atoms with van der Waals surface area (Å²) in [5, 5.41) is 20.1. The zero-order valence-corrected chi connectivity index (χ0v) is 14.4. The Balaban J connectivity index is 1.67. The molecule has 0 bridgehead atoms. The summed E-state index contributed by atoms with van der Waals surface area (Å²) in [5.41, 5.74) is 0.763. The number of carbonyl (C=O) groups excluding carboxylic acids is 2. The highest BCUT2D eigenvalue weighted by Gasteiger charge is 2.27. The van der Waals surface area contributed by atoms with E-state index in [-0.39, 0.29) is 11.8 Å². The number of rotatable bonds is 3. The Hall–Kier alpha value is -3.28. The van der Waals surface area contributed by atoms with Gasteiger partial charge in [-0.2, -0.15) is 5.26 Å². The third-order valence-corrected chi connectivity index (χ3v) is 4.49. The summed E-state index contributed by atoms with van der Waals surface area (Å²) in [6.07, 6.45) is 2.09. The second-order valence-corrected chi connectivity index (χ2v) is 6.09. The molecule has 0 saturated carbocycles. The van der Waals surface area contributed by atoms with E-state index in [0.717, 1.165) is 0 Å². The largest absolute Gasteiger partial charge is 0.339 e. The molecule has 26 heavy (non-hydrogen) atoms. The number of benzene rings is 1. The van der Waals surface area contributed by atoms with Crippen LogP contribution in [0.25, 0.3) is 0 Å². The monoisotopic (exact) mass is 353 g/mol. The van der Waals surface area contributed by atoms with Crippen LogP contribution < -0.4 is 0 Å². The van der Waals surface area contributed by atoms with Crippen LogP contribution in [0.5, 0.6) is 0 Å². The highest BCUT2D eigenvalue weighted by Crippen LogP contribution is 2.15. The van der Waals surface area contributed by atoms with Crippen LogP contribution in [0.3, 0.4) is 0 Å². The van der Waals surface area contributed by atoms with Crippen LogP contribution in [0.2, 0.25) is 0 Å². The molecule has 9 nitrogen and oxygen atoms in total. The molecule has 0 radical (unpaired) electrons. The Morgan fingerprint density at radius 2 is 1.88 bits per heavy atom. The van der Waals surface area contributed by atoms with Gasteiger partial charge in [-0.25, -0.2) is 4.68 Å². The molecule has 2 amide bonds. The molecule has 0 spiro atoms. The zero-order valence-electron chi connectivity index (χ0n) is 14.4. The molecule has 9 heteroatoms. The normalized spacial score (nSPS) is 15.8. The van der Waals surface area contributed by atoms with Gasteiger partial charge in [-0.15, -0.1) is 5.10 Å². The maximum atomic E-state index is 12.8. The Morgan fingerprint density at radius 1 is 1.15 bits per heavy atom. The van der Waals surface area contributed by atoms with E-state index in [0.29, 0.717) is 43.7 Å². The molecule has 1 atom stereocenters. The van der Waals surface area contributed by atoms with Gasteiger partial charge in [0.05, 0.1) is 17.2 Å². The molecule has 2 heterocycles. The Morgan fingerprint density at radius 3 is 2.62 bits per heavy atom. The fraction of sp³-hybridized carbons (Fsp3) is 0.412. The van der Waals surface area contributed by atoms with Crippen molar-refractivity contribution in [3.8, 4) is 6.07 Å². The zero-order chi connectivity index (χ0) is 18.5. The van der Waals surface area contributed by atoms with Gasteiger partial charge < -0.3 is 9.80 Å². The lowest BCUT2D eigenvalue weighted by Gasteiger charge is -2.24. The van der Waals surface area contributed by atoms with Crippen LogP contribution in [0.4, 0.5) is 0 Å². The van der Waals surface area contributed by atoms with Crippen molar-refractivity contribution in [1.29, 1.82) is 5.26 Å². The standard InChI is InChI=1S/C17H19N7O2/c1-13(24-12-19-20-21-24)16(25)22-7-4-8-23(10-9-22)17(26)15-6-3-2-5-14(15)11-18/h2-3,5-6,12-13H,4,7-10H2,1H3/t13-/m0/s1. The number of carbonyl (C=O) groups is 2. The quantitative estimate of drug-likeness (QED) is 0.794. The summed E-state index contributed by atoms with van der Waals surface area (Å²) in [6.45, 7) is 3.71. The second-order valence-electron chi connectivity index (χ2n) is 6.09. The van der Waals surface area contributed by atoms with Gasteiger partial charge in [0.2, 0.25) is 5.91 Å². The van der Waals surface area contributed by atoms with Crippen molar-refractivity contribution in [2.45, 2.75) is 19.4 Å². The van der Waals surface area contributed by atoms with Gasteiger partial charge in [0.15, 0.2) is 0 Å². The molecule has 0 N–H and O–H groups in total. The first-order valence-electron chi connectivity index (χ1n) is 8.41. The number of tetrazole rings is 1. The van der Waals surface area contributed by atoms with Crippen LogP contribution in [0.15, 0.2) is 30.6 Å². The van der Waals surface area contributed by atoms with E-state index in [1.165, 1.54) is 11.0 Å². The molecule has 1 aliphatic rings. The summed E-state index contributed by atoms with van der Waals surface area (Å²) >= 11 is 0. The first-order chi connectivity index (χ1) is 12.6. The van der Waals surface area contributed by atoms with Crippen molar-refractivity contribution in [2.24, 2.45) is 0 Å². The molecule has 134 valence electrons. The van der Waals surface area contributed by atoms with E-state index in [1.807, 2.05) is 0 Å². The van der Waals surface area contributed by atoms with E-state index in [1.54, 1.807) is 41.0 Å². The maximum absolute atomic E-state index is 12.8. The first-order valence-corrected chi connectivity index (χ1v) is 8.41. The van der Waals surface area contributed by atoms with Crippen molar-refractivity contribution < 1.29 is 9.59 Å². The summed E-state index contributed by atoms with van der Waals surface area (Å²) < 4.78 is 1.42. The Labute approximate surface area is 150 Å². The van der Waals surface area contributed by atoms with Crippen LogP contribution in [0.1, 0.15) is 35.3 Å². The molecule has 2 aromatic rings. The van der Waals surface area contributed by atoms with Gasteiger partial charge in [-0.05, 0) is 35.9 Å². The molecular formula is C17H19N7O2. The van der Waals surface area contributed by atoms with Gasteiger partial charge >= 0.3 is 0 Å². The maximum Gasteiger partial charge on any atom is 0.255 e. The summed E-state index contributed by atoms with van der Waals surface area (Å²) in [5.74, 6) is -0.256. The molecule has 1 aliphatic heterocycles. The van der Waals surface area contributed by atoms with Gasteiger partial charge in [-0.1, -0.05) is 12.1 Å². The lowest BCUT2D eigenvalue weighted by atomic mass is 10.1. The molecule has 0 aliphatic carbocycles. The fourth-order valence-corrected chi connectivity index (χ4v) is 3.00. The van der Waals surface area contributed by atoms with Gasteiger partial charge in [0.1, 0.15) is 12.4 Å². The minimum absolute atomic E-state index is 0.0796. The summed E-state index contributed by atoms with van der Waals surface area (Å²) in [4.78, 5) is 28.9. The third-order valence-electron chi connectivity index (χ3n) is 4.49. The number of hydrogen-bond acceptors (Lipinski definition) is 6. The number of hydrogen-bond donors (Lipinski definition) is 0. The lowest BCUT2D eigenvalue weighted by Crippen LogP contribution is -2.40. The molecule has 1 aromatic heterocycles. The number of aromatic nitrogens is 4. The van der Waals surface area contributed by atoms with Gasteiger partial charge in [0, 0.05) is 26.2 Å². The average Bonchev–Trinajstić information content (AvgIpc) is 3.11. The minimum atomic E-state index is -0.494. The first kappa shape index (κ1) is 17.5. The number of amides is 2. The molecule has 1 fully saturated rings. The SMILES string of the molecule is C[C@@H](C(=O)N1CCCN(C(=O)c2ccccc2C#N)CC1)n1cnnn1. The van der Waals surface area contributed by atoms with E-state index >= 15 is 0 Å². The smallest absolute Gasteiger partial charge is 0.255 e. The minimum Gasteiger partial charge on any atom is -0.339 e. The van der Waals surface area contributed by atoms with Gasteiger partial charge in [0.25, 0.3) is 5.91 Å². The lowest BCUT2D eigenvalue weighted by molar-refractivity contribution is -0.134. The average molecular weight is 353 g/mol. The van der Waals surface area contributed by atoms with Gasteiger partial charge in [-0.3, -0.25) is 9.59 Å². The Kier molecular flexibility index (Phi) is 5.22. The van der Waals surface area contributed by atoms with Crippen LogP contribution >= 0.6 is 0 Å². The third kappa shape index (κ3) is 3.54. The number of nitriles is 1. The van der Waals surface area contributed by atoms with Crippen LogP contribution in [-0.4, -0.2) is 68.0 Å². The van der Waals surface area contributed by atoms with Crippen molar-refractivity contribution in [3.63, 3.8) is 0 Å². The van der Waals surface area contributed by atoms with E-state index in [9.17, 15) is 14.9 Å². The van der Waals surface area contributed by atoms with E-state index in [2.05, 4.69) is 21.6 Å². The fourth-order valence-electron chi connectivity index (χ4n) is 3.00. The van der Waals surface area contributed by atoms with Crippen LogP contribution in [0, 0.1) is 11.3 Å². The van der Waals surface area contributed by atoms with Crippen molar-refractivity contribution in [1.82, 2.24) is 30.0 Å². The summed E-state index contributed by atoms with van der Waals surface area (Å²) in [6, 6.07) is 8.34. The second kappa shape index (κ2) is 7.74. The molecule has 3 rings (SSSR count). The molecule has 1 aromatic carbocycles. The van der Waals surface area contributed by atoms with E-state index < -0.39 is 6.04 Å². The predicted molar refractivity (Wildman–Crippen MR) is 90.8 cm³/mol. The molecule has 1 saturated heterocycles. The highest BCUT2D eigenvalue weighted by molar-refractivity contribution is 5.96. The van der Waals surface area contributed by atoms with Crippen molar-refractivity contribution >= 4 is 11.8 Å². The van der Waals surface area contributed by atoms with Crippen molar-refractivity contribution in [2.75, 3.05) is 26.2 Å². The molecular weight excluding hydrogens is 334 g/mol. The Bertz CT molecular complexity index is 828. The van der Waals surface area contributed by atoms with E-state index in [4.69, 9.17) is 0 Å².